The van der Waals surface area contributed by atoms with Gasteiger partial charge in [0.25, 0.3) is 5.91 Å². The van der Waals surface area contributed by atoms with Crippen molar-refractivity contribution in [2.45, 2.75) is 6.92 Å². The molecular weight excluding hydrogens is 294 g/mol. The molecule has 0 saturated heterocycles. The normalized spacial score (nSPS) is 10.2. The average molecular weight is 306 g/mol. The Morgan fingerprint density at radius 2 is 1.86 bits per heavy atom. The van der Waals surface area contributed by atoms with Gasteiger partial charge in [0, 0.05) is 10.6 Å². The first-order valence-corrected chi connectivity index (χ1v) is 6.40. The van der Waals surface area contributed by atoms with Crippen molar-refractivity contribution in [2.24, 2.45) is 0 Å². The van der Waals surface area contributed by atoms with E-state index in [4.69, 9.17) is 16.7 Å². The van der Waals surface area contributed by atoms with Gasteiger partial charge in [0.15, 0.2) is 0 Å². The van der Waals surface area contributed by atoms with E-state index >= 15 is 0 Å². The lowest BCUT2D eigenvalue weighted by Gasteiger charge is -2.10. The van der Waals surface area contributed by atoms with E-state index in [1.54, 1.807) is 25.1 Å². The van der Waals surface area contributed by atoms with Gasteiger partial charge in [-0.3, -0.25) is 4.79 Å². The van der Waals surface area contributed by atoms with E-state index in [2.05, 4.69) is 5.32 Å². The van der Waals surface area contributed by atoms with E-state index in [0.717, 1.165) is 0 Å². The quantitative estimate of drug-likeness (QED) is 0.759. The molecule has 0 spiro atoms. The van der Waals surface area contributed by atoms with Crippen molar-refractivity contribution in [3.63, 3.8) is 0 Å². The minimum Gasteiger partial charge on any atom is -0.506 e. The molecule has 3 N–H and O–H groups in total. The van der Waals surface area contributed by atoms with Gasteiger partial charge >= 0.3 is 5.97 Å². The number of hydrogen-bond donors (Lipinski definition) is 3. The summed E-state index contributed by atoms with van der Waals surface area (Å²) in [5.74, 6) is -1.81. The van der Waals surface area contributed by atoms with Crippen LogP contribution in [-0.4, -0.2) is 22.1 Å². The molecule has 0 unspecified atom stereocenters. The third-order valence-corrected chi connectivity index (χ3v) is 3.16. The SMILES string of the molecule is Cc1cc(Cl)ccc1C(=O)Nc1cc(C(=O)O)ccc1O. The van der Waals surface area contributed by atoms with E-state index in [0.29, 0.717) is 16.1 Å². The first-order valence-electron chi connectivity index (χ1n) is 6.02. The minimum absolute atomic E-state index is 0.0315. The number of nitrogens with one attached hydrogen (secondary N) is 1. The zero-order chi connectivity index (χ0) is 15.6. The van der Waals surface area contributed by atoms with Crippen molar-refractivity contribution >= 4 is 29.2 Å². The summed E-state index contributed by atoms with van der Waals surface area (Å²) in [6, 6.07) is 8.45. The molecule has 2 aromatic carbocycles. The molecule has 108 valence electrons. The predicted molar refractivity (Wildman–Crippen MR) is 79.2 cm³/mol. The Hall–Kier alpha value is -2.53. The molecule has 0 aliphatic rings. The molecule has 2 aromatic rings. The summed E-state index contributed by atoms with van der Waals surface area (Å²) in [5, 5.41) is 21.6. The molecule has 6 heteroatoms. The Morgan fingerprint density at radius 1 is 1.14 bits per heavy atom. The number of carboxylic acid groups (broad SMARTS) is 1. The molecule has 0 radical (unpaired) electrons. The highest BCUT2D eigenvalue weighted by molar-refractivity contribution is 6.30. The Balaban J connectivity index is 2.31. The van der Waals surface area contributed by atoms with E-state index in [-0.39, 0.29) is 17.0 Å². The number of hydrogen-bond acceptors (Lipinski definition) is 3. The van der Waals surface area contributed by atoms with Crippen LogP contribution in [0.3, 0.4) is 0 Å². The monoisotopic (exact) mass is 305 g/mol. The molecule has 0 atom stereocenters. The standard InChI is InChI=1S/C15H12ClNO4/c1-8-6-10(16)3-4-11(8)14(19)17-12-7-9(15(20)21)2-5-13(12)18/h2-7,18H,1H3,(H,17,19)(H,20,21). The molecular formula is C15H12ClNO4. The van der Waals surface area contributed by atoms with Crippen LogP contribution in [0, 0.1) is 6.92 Å². The Kier molecular flexibility index (Phi) is 4.14. The molecule has 0 bridgehead atoms. The fourth-order valence-corrected chi connectivity index (χ4v) is 2.07. The van der Waals surface area contributed by atoms with Crippen molar-refractivity contribution in [1.82, 2.24) is 0 Å². The van der Waals surface area contributed by atoms with Crippen molar-refractivity contribution in [3.8, 4) is 5.75 Å². The number of amides is 1. The lowest BCUT2D eigenvalue weighted by Crippen LogP contribution is -2.14. The van der Waals surface area contributed by atoms with Gasteiger partial charge in [0.2, 0.25) is 0 Å². The van der Waals surface area contributed by atoms with E-state index in [9.17, 15) is 14.7 Å². The van der Waals surface area contributed by atoms with Gasteiger partial charge in [-0.1, -0.05) is 11.6 Å². The molecule has 0 saturated carbocycles. The second-order valence-electron chi connectivity index (χ2n) is 4.45. The Morgan fingerprint density at radius 3 is 2.48 bits per heavy atom. The maximum absolute atomic E-state index is 12.2. The van der Waals surface area contributed by atoms with Crippen LogP contribution >= 0.6 is 11.6 Å². The summed E-state index contributed by atoms with van der Waals surface area (Å²) in [6.45, 7) is 1.73. The van der Waals surface area contributed by atoms with Crippen molar-refractivity contribution in [1.29, 1.82) is 0 Å². The fraction of sp³-hybridized carbons (Fsp3) is 0.0667. The maximum Gasteiger partial charge on any atom is 0.335 e. The molecule has 1 amide bonds. The summed E-state index contributed by atoms with van der Waals surface area (Å²) in [4.78, 5) is 23.1. The number of rotatable bonds is 3. The number of aromatic carboxylic acids is 1. The third-order valence-electron chi connectivity index (χ3n) is 2.92. The van der Waals surface area contributed by atoms with Gasteiger partial charge in [0.05, 0.1) is 11.3 Å². The fourth-order valence-electron chi connectivity index (χ4n) is 1.84. The number of carbonyl (C=O) groups excluding carboxylic acids is 1. The topological polar surface area (TPSA) is 86.6 Å². The summed E-state index contributed by atoms with van der Waals surface area (Å²) >= 11 is 5.83. The molecule has 0 aromatic heterocycles. The molecule has 21 heavy (non-hydrogen) atoms. The lowest BCUT2D eigenvalue weighted by atomic mass is 10.1. The summed E-state index contributed by atoms with van der Waals surface area (Å²) in [5.41, 5.74) is 1.07. The van der Waals surface area contributed by atoms with Crippen molar-refractivity contribution < 1.29 is 19.8 Å². The maximum atomic E-state index is 12.2. The average Bonchev–Trinajstić information content (AvgIpc) is 2.40. The zero-order valence-electron chi connectivity index (χ0n) is 11.1. The number of carboxylic acids is 1. The van der Waals surface area contributed by atoms with Crippen LogP contribution in [0.4, 0.5) is 5.69 Å². The highest BCUT2D eigenvalue weighted by Crippen LogP contribution is 2.25. The second-order valence-corrected chi connectivity index (χ2v) is 4.89. The zero-order valence-corrected chi connectivity index (χ0v) is 11.8. The molecule has 2 rings (SSSR count). The molecule has 0 fully saturated rings. The second kappa shape index (κ2) is 5.85. The summed E-state index contributed by atoms with van der Waals surface area (Å²) in [7, 11) is 0. The lowest BCUT2D eigenvalue weighted by molar-refractivity contribution is 0.0696. The number of phenolic OH excluding ortho intramolecular Hbond substituents is 1. The van der Waals surface area contributed by atoms with Crippen LogP contribution in [0.1, 0.15) is 26.3 Å². The number of aryl methyl sites for hydroxylation is 1. The molecule has 5 nitrogen and oxygen atoms in total. The van der Waals surface area contributed by atoms with E-state index in [1.807, 2.05) is 0 Å². The van der Waals surface area contributed by atoms with Gasteiger partial charge in [-0.15, -0.1) is 0 Å². The van der Waals surface area contributed by atoms with Crippen molar-refractivity contribution in [2.75, 3.05) is 5.32 Å². The largest absolute Gasteiger partial charge is 0.506 e. The van der Waals surface area contributed by atoms with E-state index in [1.165, 1.54) is 18.2 Å². The number of carbonyl (C=O) groups is 2. The Labute approximate surface area is 125 Å². The molecule has 0 aliphatic carbocycles. The number of benzene rings is 2. The van der Waals surface area contributed by atoms with Gasteiger partial charge in [-0.05, 0) is 48.9 Å². The summed E-state index contributed by atoms with van der Waals surface area (Å²) < 4.78 is 0. The first kappa shape index (κ1) is 14.9. The number of halogens is 1. The highest BCUT2D eigenvalue weighted by atomic mass is 35.5. The van der Waals surface area contributed by atoms with Gasteiger partial charge in [-0.25, -0.2) is 4.79 Å². The first-order chi connectivity index (χ1) is 9.88. The molecule has 0 heterocycles. The van der Waals surface area contributed by atoms with Crippen LogP contribution in [0.2, 0.25) is 5.02 Å². The van der Waals surface area contributed by atoms with Crippen LogP contribution in [0.15, 0.2) is 36.4 Å². The number of aromatic hydroxyl groups is 1. The van der Waals surface area contributed by atoms with E-state index < -0.39 is 11.9 Å². The predicted octanol–water partition coefficient (Wildman–Crippen LogP) is 3.30. The number of phenols is 1. The van der Waals surface area contributed by atoms with Gasteiger partial charge in [-0.2, -0.15) is 0 Å². The Bertz CT molecular complexity index is 728. The highest BCUT2D eigenvalue weighted by Gasteiger charge is 2.13. The minimum atomic E-state index is -1.15. The third kappa shape index (κ3) is 3.32. The van der Waals surface area contributed by atoms with Gasteiger partial charge < -0.3 is 15.5 Å². The van der Waals surface area contributed by atoms with Gasteiger partial charge in [0.1, 0.15) is 5.75 Å². The smallest absolute Gasteiger partial charge is 0.335 e. The van der Waals surface area contributed by atoms with Crippen molar-refractivity contribution in [3.05, 3.63) is 58.1 Å². The molecule has 0 aliphatic heterocycles. The van der Waals surface area contributed by atoms with Crippen LogP contribution < -0.4 is 5.32 Å². The van der Waals surface area contributed by atoms with Crippen LogP contribution in [-0.2, 0) is 0 Å². The summed E-state index contributed by atoms with van der Waals surface area (Å²) in [6.07, 6.45) is 0. The number of anilines is 1. The van der Waals surface area contributed by atoms with Crippen LogP contribution in [0.25, 0.3) is 0 Å². The van der Waals surface area contributed by atoms with Crippen LogP contribution in [0.5, 0.6) is 5.75 Å².